The van der Waals surface area contributed by atoms with Gasteiger partial charge in [-0.3, -0.25) is 4.79 Å². The summed E-state index contributed by atoms with van der Waals surface area (Å²) >= 11 is 1.60. The maximum atomic E-state index is 12.4. The third-order valence-corrected chi connectivity index (χ3v) is 6.28. The summed E-state index contributed by atoms with van der Waals surface area (Å²) in [5.74, 6) is 0.918. The van der Waals surface area contributed by atoms with Gasteiger partial charge in [0.2, 0.25) is 5.91 Å². The van der Waals surface area contributed by atoms with E-state index >= 15 is 0 Å². The van der Waals surface area contributed by atoms with Crippen LogP contribution in [0.25, 0.3) is 21.6 Å². The third-order valence-electron chi connectivity index (χ3n) is 5.26. The molecule has 0 aliphatic carbocycles. The number of hydrogen-bond acceptors (Lipinski definition) is 7. The van der Waals surface area contributed by atoms with Crippen LogP contribution in [0.4, 0.5) is 5.13 Å². The Hall–Kier alpha value is -2.61. The molecule has 1 fully saturated rings. The zero-order chi connectivity index (χ0) is 20.2. The fourth-order valence-corrected chi connectivity index (χ4v) is 4.49. The summed E-state index contributed by atoms with van der Waals surface area (Å²) in [5.41, 5.74) is 2.65. The highest BCUT2D eigenvalue weighted by atomic mass is 32.1. The Bertz CT molecular complexity index is 966. The number of nitrogens with one attached hydrogen (secondary N) is 1. The summed E-state index contributed by atoms with van der Waals surface area (Å²) in [4.78, 5) is 33.2. The predicted octanol–water partition coefficient (Wildman–Crippen LogP) is 3.53. The van der Waals surface area contributed by atoms with E-state index in [1.54, 1.807) is 23.7 Å². The van der Waals surface area contributed by atoms with E-state index in [-0.39, 0.29) is 11.8 Å². The van der Waals surface area contributed by atoms with Gasteiger partial charge in [0, 0.05) is 43.5 Å². The number of nitrogens with zero attached hydrogens (tertiary/aromatic N) is 5. The van der Waals surface area contributed by atoms with Crippen LogP contribution in [-0.4, -0.2) is 45.5 Å². The zero-order valence-electron chi connectivity index (χ0n) is 16.8. The van der Waals surface area contributed by atoms with Gasteiger partial charge in [-0.25, -0.2) is 19.9 Å². The zero-order valence-corrected chi connectivity index (χ0v) is 17.7. The monoisotopic (exact) mass is 410 g/mol. The number of rotatable bonds is 6. The Labute approximate surface area is 174 Å². The van der Waals surface area contributed by atoms with Gasteiger partial charge in [0.1, 0.15) is 16.7 Å². The van der Waals surface area contributed by atoms with E-state index in [1.165, 1.54) is 6.33 Å². The van der Waals surface area contributed by atoms with Gasteiger partial charge in [0.15, 0.2) is 5.13 Å². The number of pyridine rings is 1. The van der Waals surface area contributed by atoms with E-state index in [4.69, 9.17) is 9.97 Å². The van der Waals surface area contributed by atoms with Crippen LogP contribution in [0.3, 0.4) is 0 Å². The molecule has 1 aliphatic heterocycles. The van der Waals surface area contributed by atoms with Crippen molar-refractivity contribution in [2.24, 2.45) is 11.8 Å². The summed E-state index contributed by atoms with van der Waals surface area (Å²) in [6, 6.07) is 3.96. The van der Waals surface area contributed by atoms with Crippen LogP contribution in [-0.2, 0) is 4.79 Å². The number of hydrogen-bond donors (Lipinski definition) is 1. The van der Waals surface area contributed by atoms with Crippen LogP contribution in [0, 0.1) is 11.8 Å². The van der Waals surface area contributed by atoms with Gasteiger partial charge in [-0.2, -0.15) is 0 Å². The molecule has 0 radical (unpaired) electrons. The van der Waals surface area contributed by atoms with E-state index < -0.39 is 0 Å². The molecule has 0 aromatic carbocycles. The van der Waals surface area contributed by atoms with Crippen molar-refractivity contribution in [3.05, 3.63) is 30.9 Å². The van der Waals surface area contributed by atoms with Gasteiger partial charge in [-0.1, -0.05) is 25.2 Å². The lowest BCUT2D eigenvalue weighted by Gasteiger charge is -2.31. The average molecular weight is 411 g/mol. The molecule has 7 nitrogen and oxygen atoms in total. The number of carbonyl (C=O) groups is 1. The highest BCUT2D eigenvalue weighted by Crippen LogP contribution is 2.32. The summed E-state index contributed by atoms with van der Waals surface area (Å²) in [5, 5.41) is 4.07. The molecule has 0 spiro atoms. The Morgan fingerprint density at radius 3 is 2.69 bits per heavy atom. The van der Waals surface area contributed by atoms with Crippen molar-refractivity contribution in [1.29, 1.82) is 0 Å². The number of fused-ring (bicyclic) bond motifs is 1. The van der Waals surface area contributed by atoms with Crippen molar-refractivity contribution in [2.45, 2.75) is 33.1 Å². The molecule has 4 heterocycles. The molecule has 0 unspecified atom stereocenters. The molecule has 1 N–H and O–H groups in total. The van der Waals surface area contributed by atoms with Crippen molar-refractivity contribution < 1.29 is 4.79 Å². The van der Waals surface area contributed by atoms with Gasteiger partial charge in [0.25, 0.3) is 0 Å². The number of carbonyl (C=O) groups excluding carboxylic acids is 1. The second-order valence-corrected chi connectivity index (χ2v) is 8.84. The van der Waals surface area contributed by atoms with Crippen LogP contribution in [0.15, 0.2) is 30.9 Å². The van der Waals surface area contributed by atoms with Gasteiger partial charge in [-0.15, -0.1) is 0 Å². The molecule has 152 valence electrons. The quantitative estimate of drug-likeness (QED) is 0.669. The Morgan fingerprint density at radius 2 is 1.97 bits per heavy atom. The summed E-state index contributed by atoms with van der Waals surface area (Å²) in [6.45, 7) is 6.82. The van der Waals surface area contributed by atoms with E-state index in [1.807, 2.05) is 12.1 Å². The molecule has 0 bridgehead atoms. The standard InChI is InChI=1S/C21H26N6OS/c1-14(2)5-8-24-19(28)15-6-9-27(10-7-15)21-26-18-4-3-17(25-20(18)29-21)16-11-22-13-23-12-16/h3-4,11-15H,5-10H2,1-2H3,(H,24,28). The summed E-state index contributed by atoms with van der Waals surface area (Å²) in [6.07, 6.45) is 7.80. The van der Waals surface area contributed by atoms with Gasteiger partial charge < -0.3 is 10.2 Å². The van der Waals surface area contributed by atoms with E-state index in [2.05, 4.69) is 34.0 Å². The van der Waals surface area contributed by atoms with Gasteiger partial charge in [-0.05, 0) is 37.3 Å². The summed E-state index contributed by atoms with van der Waals surface area (Å²) in [7, 11) is 0. The van der Waals surface area contributed by atoms with Crippen molar-refractivity contribution in [2.75, 3.05) is 24.5 Å². The van der Waals surface area contributed by atoms with Crippen molar-refractivity contribution >= 4 is 32.7 Å². The molecule has 0 saturated carbocycles. The number of amides is 1. The molecule has 4 rings (SSSR count). The minimum absolute atomic E-state index is 0.107. The van der Waals surface area contributed by atoms with E-state index in [9.17, 15) is 4.79 Å². The first-order valence-corrected chi connectivity index (χ1v) is 11.0. The highest BCUT2D eigenvalue weighted by Gasteiger charge is 2.26. The highest BCUT2D eigenvalue weighted by molar-refractivity contribution is 7.21. The number of piperidine rings is 1. The number of aromatic nitrogens is 4. The molecule has 29 heavy (non-hydrogen) atoms. The molecule has 1 saturated heterocycles. The maximum absolute atomic E-state index is 12.4. The van der Waals surface area contributed by atoms with Crippen LogP contribution in [0.2, 0.25) is 0 Å². The molecule has 1 amide bonds. The SMILES string of the molecule is CC(C)CCNC(=O)C1CCN(c2nc3ccc(-c4cncnc4)nc3s2)CC1. The van der Waals surface area contributed by atoms with Crippen molar-refractivity contribution in [3.63, 3.8) is 0 Å². The van der Waals surface area contributed by atoms with E-state index in [0.29, 0.717) is 5.92 Å². The molecule has 3 aromatic heterocycles. The normalized spacial score (nSPS) is 15.2. The molecule has 3 aromatic rings. The smallest absolute Gasteiger partial charge is 0.223 e. The molecule has 0 atom stereocenters. The Kier molecular flexibility index (Phi) is 5.99. The number of anilines is 1. The fraction of sp³-hybridized carbons (Fsp3) is 0.476. The number of thiazole rings is 1. The lowest BCUT2D eigenvalue weighted by atomic mass is 9.96. The molecular formula is C21H26N6OS. The first-order chi connectivity index (χ1) is 14.1. The maximum Gasteiger partial charge on any atom is 0.223 e. The summed E-state index contributed by atoms with van der Waals surface area (Å²) < 4.78 is 0. The van der Waals surface area contributed by atoms with Crippen molar-refractivity contribution in [1.82, 2.24) is 25.3 Å². The van der Waals surface area contributed by atoms with Crippen LogP contribution in [0.1, 0.15) is 33.1 Å². The lowest BCUT2D eigenvalue weighted by molar-refractivity contribution is -0.125. The topological polar surface area (TPSA) is 83.9 Å². The van der Waals surface area contributed by atoms with Crippen LogP contribution in [0.5, 0.6) is 0 Å². The second kappa shape index (κ2) is 8.82. The Balaban J connectivity index is 1.39. The molecule has 1 aliphatic rings. The molecular weight excluding hydrogens is 384 g/mol. The third kappa shape index (κ3) is 4.70. The minimum Gasteiger partial charge on any atom is -0.356 e. The lowest BCUT2D eigenvalue weighted by Crippen LogP contribution is -2.40. The molecule has 8 heteroatoms. The first kappa shape index (κ1) is 19.7. The predicted molar refractivity (Wildman–Crippen MR) is 116 cm³/mol. The van der Waals surface area contributed by atoms with Crippen LogP contribution >= 0.6 is 11.3 Å². The van der Waals surface area contributed by atoms with Crippen LogP contribution < -0.4 is 10.2 Å². The average Bonchev–Trinajstić information content (AvgIpc) is 3.17. The minimum atomic E-state index is 0.107. The first-order valence-electron chi connectivity index (χ1n) is 10.2. The second-order valence-electron chi connectivity index (χ2n) is 7.88. The van der Waals surface area contributed by atoms with Gasteiger partial charge in [0.05, 0.1) is 5.69 Å². The van der Waals surface area contributed by atoms with E-state index in [0.717, 1.165) is 65.6 Å². The fourth-order valence-electron chi connectivity index (χ4n) is 3.49. The largest absolute Gasteiger partial charge is 0.356 e. The Morgan fingerprint density at radius 1 is 1.21 bits per heavy atom. The van der Waals surface area contributed by atoms with Gasteiger partial charge >= 0.3 is 0 Å². The van der Waals surface area contributed by atoms with Crippen molar-refractivity contribution in [3.8, 4) is 11.3 Å².